The maximum atomic E-state index is 12.2. The molecule has 26 heavy (non-hydrogen) atoms. The summed E-state index contributed by atoms with van der Waals surface area (Å²) in [7, 11) is 3.26. The van der Waals surface area contributed by atoms with Gasteiger partial charge in [-0.3, -0.25) is 4.79 Å². The molecule has 1 aliphatic carbocycles. The van der Waals surface area contributed by atoms with E-state index in [1.807, 2.05) is 0 Å². The van der Waals surface area contributed by atoms with Gasteiger partial charge in [-0.25, -0.2) is 4.79 Å². The zero-order chi connectivity index (χ0) is 18.8. The molecule has 0 spiro atoms. The van der Waals surface area contributed by atoms with Crippen molar-refractivity contribution in [1.29, 1.82) is 0 Å². The average Bonchev–Trinajstić information content (AvgIpc) is 3.32. The molecule has 1 atom stereocenters. The fraction of sp³-hybridized carbons (Fsp3) is 0.412. The molecule has 0 unspecified atom stereocenters. The van der Waals surface area contributed by atoms with Crippen LogP contribution in [0.15, 0.2) is 22.7 Å². The number of amides is 3. The van der Waals surface area contributed by atoms with E-state index in [1.165, 1.54) is 11.0 Å². The Hall–Kier alpha value is -2.61. The molecule has 3 amide bonds. The summed E-state index contributed by atoms with van der Waals surface area (Å²) in [6.45, 7) is 1.76. The van der Waals surface area contributed by atoms with Crippen molar-refractivity contribution in [3.05, 3.63) is 40.5 Å². The van der Waals surface area contributed by atoms with Gasteiger partial charge in [0.15, 0.2) is 5.82 Å². The minimum Gasteiger partial charge on any atom is -0.345 e. The molecule has 1 saturated carbocycles. The predicted octanol–water partition coefficient (Wildman–Crippen LogP) is 3.18. The second kappa shape index (κ2) is 7.33. The van der Waals surface area contributed by atoms with Gasteiger partial charge >= 0.3 is 6.03 Å². The lowest BCUT2D eigenvalue weighted by atomic mass is 10.2. The third-order valence-corrected chi connectivity index (χ3v) is 4.31. The Kier molecular flexibility index (Phi) is 5.13. The lowest BCUT2D eigenvalue weighted by molar-refractivity contribution is 0.0828. The van der Waals surface area contributed by atoms with Crippen LogP contribution in [0.4, 0.5) is 10.5 Å². The molecule has 2 aromatic rings. The first-order chi connectivity index (χ1) is 12.3. The molecular formula is C17H20ClN5O3. The molecule has 0 radical (unpaired) electrons. The second-order valence-corrected chi connectivity index (χ2v) is 6.89. The monoisotopic (exact) mass is 377 g/mol. The number of anilines is 1. The number of urea groups is 1. The van der Waals surface area contributed by atoms with Crippen LogP contribution in [-0.4, -0.2) is 41.1 Å². The molecule has 1 heterocycles. The summed E-state index contributed by atoms with van der Waals surface area (Å²) in [5.74, 6) is 1.20. The smallest absolute Gasteiger partial charge is 0.319 e. The molecule has 0 saturated heterocycles. The Balaban J connectivity index is 1.63. The van der Waals surface area contributed by atoms with E-state index in [4.69, 9.17) is 16.1 Å². The number of benzene rings is 1. The van der Waals surface area contributed by atoms with Gasteiger partial charge in [-0.1, -0.05) is 16.8 Å². The zero-order valence-corrected chi connectivity index (χ0v) is 15.5. The summed E-state index contributed by atoms with van der Waals surface area (Å²) in [6, 6.07) is 3.83. The fourth-order valence-corrected chi connectivity index (χ4v) is 2.56. The molecule has 8 nitrogen and oxygen atoms in total. The van der Waals surface area contributed by atoms with Gasteiger partial charge < -0.3 is 20.1 Å². The van der Waals surface area contributed by atoms with E-state index < -0.39 is 12.1 Å². The van der Waals surface area contributed by atoms with Gasteiger partial charge in [0.1, 0.15) is 6.04 Å². The highest BCUT2D eigenvalue weighted by atomic mass is 35.5. The minimum absolute atomic E-state index is 0.245. The van der Waals surface area contributed by atoms with Crippen LogP contribution in [0.5, 0.6) is 0 Å². The average molecular weight is 378 g/mol. The second-order valence-electron chi connectivity index (χ2n) is 6.48. The molecular weight excluding hydrogens is 358 g/mol. The normalized spacial score (nSPS) is 14.6. The Morgan fingerprint density at radius 2 is 2.08 bits per heavy atom. The Morgan fingerprint density at radius 3 is 2.73 bits per heavy atom. The number of hydrogen-bond donors (Lipinski definition) is 2. The van der Waals surface area contributed by atoms with Gasteiger partial charge in [0, 0.05) is 25.7 Å². The lowest BCUT2D eigenvalue weighted by Crippen LogP contribution is -2.31. The van der Waals surface area contributed by atoms with Crippen LogP contribution in [-0.2, 0) is 0 Å². The summed E-state index contributed by atoms with van der Waals surface area (Å²) in [5.41, 5.74) is 0.766. The van der Waals surface area contributed by atoms with Gasteiger partial charge in [0.25, 0.3) is 5.91 Å². The summed E-state index contributed by atoms with van der Waals surface area (Å²) in [5, 5.41) is 9.66. The number of carbonyl (C=O) groups is 2. The van der Waals surface area contributed by atoms with Crippen molar-refractivity contribution in [2.75, 3.05) is 19.4 Å². The molecule has 9 heteroatoms. The number of nitrogens with one attached hydrogen (secondary N) is 2. The number of aromatic nitrogens is 2. The van der Waals surface area contributed by atoms with Crippen LogP contribution < -0.4 is 10.6 Å². The molecule has 1 fully saturated rings. The van der Waals surface area contributed by atoms with Crippen LogP contribution in [0.2, 0.25) is 5.02 Å². The largest absolute Gasteiger partial charge is 0.345 e. The summed E-state index contributed by atoms with van der Waals surface area (Å²) in [4.78, 5) is 30.1. The molecule has 1 aromatic heterocycles. The quantitative estimate of drug-likeness (QED) is 0.833. The number of halogens is 1. The van der Waals surface area contributed by atoms with Crippen LogP contribution >= 0.6 is 11.6 Å². The molecule has 2 N–H and O–H groups in total. The number of rotatable bonds is 5. The van der Waals surface area contributed by atoms with Crippen LogP contribution in [0.3, 0.4) is 0 Å². The van der Waals surface area contributed by atoms with Crippen LogP contribution in [0, 0.1) is 0 Å². The third kappa shape index (κ3) is 4.13. The molecule has 138 valence electrons. The van der Waals surface area contributed by atoms with Crippen molar-refractivity contribution >= 4 is 29.2 Å². The molecule has 1 aliphatic rings. The lowest BCUT2D eigenvalue weighted by Gasteiger charge is -2.14. The SMILES string of the molecule is C[C@H](NC(=O)Nc1ccc(Cl)c(C(=O)N(C)C)c1)c1nc(C2CC2)no1. The van der Waals surface area contributed by atoms with E-state index in [0.29, 0.717) is 33.9 Å². The van der Waals surface area contributed by atoms with Crippen molar-refractivity contribution < 1.29 is 14.1 Å². The predicted molar refractivity (Wildman–Crippen MR) is 96.3 cm³/mol. The van der Waals surface area contributed by atoms with Gasteiger partial charge in [0.05, 0.1) is 10.6 Å². The topological polar surface area (TPSA) is 100 Å². The fourth-order valence-electron chi connectivity index (χ4n) is 2.36. The van der Waals surface area contributed by atoms with Gasteiger partial charge in [-0.2, -0.15) is 4.98 Å². The van der Waals surface area contributed by atoms with E-state index in [0.717, 1.165) is 12.8 Å². The van der Waals surface area contributed by atoms with Gasteiger partial charge in [0.2, 0.25) is 5.89 Å². The van der Waals surface area contributed by atoms with E-state index in [2.05, 4.69) is 20.8 Å². The highest BCUT2D eigenvalue weighted by molar-refractivity contribution is 6.34. The van der Waals surface area contributed by atoms with Crippen molar-refractivity contribution in [3.8, 4) is 0 Å². The maximum absolute atomic E-state index is 12.2. The van der Waals surface area contributed by atoms with Gasteiger partial charge in [-0.05, 0) is 38.0 Å². The Labute approximate surface area is 155 Å². The first-order valence-electron chi connectivity index (χ1n) is 8.27. The zero-order valence-electron chi connectivity index (χ0n) is 14.7. The molecule has 0 aliphatic heterocycles. The van der Waals surface area contributed by atoms with Crippen molar-refractivity contribution in [3.63, 3.8) is 0 Å². The number of nitrogens with zero attached hydrogens (tertiary/aromatic N) is 3. The highest BCUT2D eigenvalue weighted by Gasteiger charge is 2.29. The van der Waals surface area contributed by atoms with Crippen molar-refractivity contribution in [2.24, 2.45) is 0 Å². The summed E-state index contributed by atoms with van der Waals surface area (Å²) < 4.78 is 5.20. The van der Waals surface area contributed by atoms with E-state index in [9.17, 15) is 9.59 Å². The molecule has 1 aromatic carbocycles. The Morgan fingerprint density at radius 1 is 1.35 bits per heavy atom. The third-order valence-electron chi connectivity index (χ3n) is 3.98. The van der Waals surface area contributed by atoms with Crippen molar-refractivity contribution in [1.82, 2.24) is 20.4 Å². The highest BCUT2D eigenvalue weighted by Crippen LogP contribution is 2.38. The van der Waals surface area contributed by atoms with Gasteiger partial charge in [-0.15, -0.1) is 0 Å². The number of hydrogen-bond acceptors (Lipinski definition) is 5. The molecule has 0 bridgehead atoms. The number of carbonyl (C=O) groups excluding carboxylic acids is 2. The minimum atomic E-state index is -0.450. The summed E-state index contributed by atoms with van der Waals surface area (Å²) >= 11 is 6.07. The van der Waals surface area contributed by atoms with Crippen LogP contribution in [0.1, 0.15) is 53.8 Å². The van der Waals surface area contributed by atoms with E-state index >= 15 is 0 Å². The van der Waals surface area contributed by atoms with E-state index in [-0.39, 0.29) is 5.91 Å². The molecule has 3 rings (SSSR count). The Bertz CT molecular complexity index is 832. The van der Waals surface area contributed by atoms with Crippen molar-refractivity contribution in [2.45, 2.75) is 31.7 Å². The maximum Gasteiger partial charge on any atom is 0.319 e. The van der Waals surface area contributed by atoms with E-state index in [1.54, 1.807) is 33.2 Å². The summed E-state index contributed by atoms with van der Waals surface area (Å²) in [6.07, 6.45) is 2.15. The standard InChI is InChI=1S/C17H20ClN5O3/c1-9(15-21-14(22-26-15)10-4-5-10)19-17(25)20-11-6-7-13(18)12(8-11)16(24)23(2)3/h6-10H,4-5H2,1-3H3,(H2,19,20,25)/t9-/m0/s1. The van der Waals surface area contributed by atoms with Crippen LogP contribution in [0.25, 0.3) is 0 Å². The first kappa shape index (κ1) is 18.2. The first-order valence-corrected chi connectivity index (χ1v) is 8.65.